The standard InChI is InChI=1S/C9H9ClN2O/c1-4-2-5(10)3-6-7(11)9(13)12-8(4)6/h2-3,7H,11H2,1H3,(H,12,13). The normalized spacial score (nSPS) is 19.9. The summed E-state index contributed by atoms with van der Waals surface area (Å²) in [6, 6.07) is 2.96. The van der Waals surface area contributed by atoms with Crippen LogP contribution in [0.25, 0.3) is 0 Å². The molecule has 13 heavy (non-hydrogen) atoms. The number of fused-ring (bicyclic) bond motifs is 1. The number of halogens is 1. The van der Waals surface area contributed by atoms with Gasteiger partial charge in [-0.2, -0.15) is 0 Å². The molecule has 0 bridgehead atoms. The van der Waals surface area contributed by atoms with Crippen LogP contribution in [0, 0.1) is 6.92 Å². The van der Waals surface area contributed by atoms with Crippen LogP contribution in [0.3, 0.4) is 0 Å². The van der Waals surface area contributed by atoms with E-state index in [1.54, 1.807) is 12.1 Å². The SMILES string of the molecule is Cc1cc(Cl)cc2c1NC(=O)C2N. The zero-order valence-electron chi connectivity index (χ0n) is 7.10. The maximum atomic E-state index is 11.2. The summed E-state index contributed by atoms with van der Waals surface area (Å²) in [5, 5.41) is 3.33. The molecule has 1 unspecified atom stereocenters. The molecule has 2 rings (SSSR count). The first-order valence-electron chi connectivity index (χ1n) is 3.96. The van der Waals surface area contributed by atoms with Crippen LogP contribution in [-0.4, -0.2) is 5.91 Å². The van der Waals surface area contributed by atoms with E-state index in [1.165, 1.54) is 0 Å². The van der Waals surface area contributed by atoms with Crippen molar-refractivity contribution in [3.63, 3.8) is 0 Å². The first kappa shape index (κ1) is 8.53. The lowest BCUT2D eigenvalue weighted by Gasteiger charge is -2.04. The van der Waals surface area contributed by atoms with Crippen molar-refractivity contribution in [2.24, 2.45) is 5.73 Å². The lowest BCUT2D eigenvalue weighted by atomic mass is 10.1. The average molecular weight is 197 g/mol. The molecule has 0 saturated carbocycles. The topological polar surface area (TPSA) is 55.1 Å². The number of amides is 1. The molecule has 0 saturated heterocycles. The van der Waals surface area contributed by atoms with Gasteiger partial charge < -0.3 is 11.1 Å². The number of rotatable bonds is 0. The van der Waals surface area contributed by atoms with Crippen molar-refractivity contribution in [2.45, 2.75) is 13.0 Å². The first-order chi connectivity index (χ1) is 6.09. The van der Waals surface area contributed by atoms with Gasteiger partial charge in [-0.15, -0.1) is 0 Å². The highest BCUT2D eigenvalue weighted by molar-refractivity contribution is 6.31. The fourth-order valence-electron chi connectivity index (χ4n) is 1.53. The van der Waals surface area contributed by atoms with Crippen molar-refractivity contribution in [1.82, 2.24) is 0 Å². The zero-order chi connectivity index (χ0) is 9.59. The summed E-state index contributed by atoms with van der Waals surface area (Å²) >= 11 is 5.85. The van der Waals surface area contributed by atoms with Crippen LogP contribution in [0.2, 0.25) is 5.02 Å². The molecular weight excluding hydrogens is 188 g/mol. The van der Waals surface area contributed by atoms with Crippen molar-refractivity contribution < 1.29 is 4.79 Å². The van der Waals surface area contributed by atoms with E-state index in [-0.39, 0.29) is 5.91 Å². The van der Waals surface area contributed by atoms with Crippen LogP contribution in [0.15, 0.2) is 12.1 Å². The molecule has 1 aromatic rings. The molecule has 1 aliphatic rings. The predicted octanol–water partition coefficient (Wildman–Crippen LogP) is 1.60. The van der Waals surface area contributed by atoms with Gasteiger partial charge in [-0.3, -0.25) is 4.79 Å². The van der Waals surface area contributed by atoms with Gasteiger partial charge in [-0.05, 0) is 24.6 Å². The lowest BCUT2D eigenvalue weighted by molar-refractivity contribution is -0.116. The smallest absolute Gasteiger partial charge is 0.245 e. The quantitative estimate of drug-likeness (QED) is 0.662. The number of carbonyl (C=O) groups excluding carboxylic acids is 1. The van der Waals surface area contributed by atoms with Crippen molar-refractivity contribution in [3.8, 4) is 0 Å². The summed E-state index contributed by atoms with van der Waals surface area (Å²) < 4.78 is 0. The van der Waals surface area contributed by atoms with Gasteiger partial charge in [0.2, 0.25) is 5.91 Å². The van der Waals surface area contributed by atoms with Gasteiger partial charge in [0.25, 0.3) is 0 Å². The van der Waals surface area contributed by atoms with Crippen LogP contribution >= 0.6 is 11.6 Å². The lowest BCUT2D eigenvalue weighted by Crippen LogP contribution is -2.19. The third-order valence-corrected chi connectivity index (χ3v) is 2.41. The molecule has 1 aliphatic heterocycles. The Morgan fingerprint density at radius 1 is 1.54 bits per heavy atom. The molecule has 68 valence electrons. The number of nitrogens with one attached hydrogen (secondary N) is 1. The predicted molar refractivity (Wildman–Crippen MR) is 51.7 cm³/mol. The van der Waals surface area contributed by atoms with E-state index in [1.807, 2.05) is 6.92 Å². The largest absolute Gasteiger partial charge is 0.324 e. The van der Waals surface area contributed by atoms with E-state index in [0.29, 0.717) is 5.02 Å². The Labute approximate surface area is 80.9 Å². The van der Waals surface area contributed by atoms with Crippen LogP contribution < -0.4 is 11.1 Å². The second-order valence-corrected chi connectivity index (χ2v) is 3.59. The number of hydrogen-bond acceptors (Lipinski definition) is 2. The van der Waals surface area contributed by atoms with Crippen molar-refractivity contribution in [1.29, 1.82) is 0 Å². The summed E-state index contributed by atoms with van der Waals surface area (Å²) in [7, 11) is 0. The fourth-order valence-corrected chi connectivity index (χ4v) is 1.81. The Bertz CT molecular complexity index is 389. The van der Waals surface area contributed by atoms with Crippen molar-refractivity contribution in [3.05, 3.63) is 28.3 Å². The molecule has 1 atom stereocenters. The molecule has 0 aliphatic carbocycles. The number of hydrogen-bond donors (Lipinski definition) is 2. The summed E-state index contributed by atoms with van der Waals surface area (Å²) in [5.41, 5.74) is 8.20. The van der Waals surface area contributed by atoms with Crippen LogP contribution in [0.4, 0.5) is 5.69 Å². The Morgan fingerprint density at radius 3 is 2.92 bits per heavy atom. The Hall–Kier alpha value is -1.06. The van der Waals surface area contributed by atoms with E-state index in [4.69, 9.17) is 17.3 Å². The summed E-state index contributed by atoms with van der Waals surface area (Å²) in [6.45, 7) is 1.89. The van der Waals surface area contributed by atoms with Crippen LogP contribution in [-0.2, 0) is 4.79 Å². The second kappa shape index (κ2) is 2.72. The summed E-state index contributed by atoms with van der Waals surface area (Å²) in [4.78, 5) is 11.2. The first-order valence-corrected chi connectivity index (χ1v) is 4.34. The van der Waals surface area contributed by atoms with Crippen molar-refractivity contribution in [2.75, 3.05) is 5.32 Å². The molecule has 0 fully saturated rings. The minimum Gasteiger partial charge on any atom is -0.324 e. The monoisotopic (exact) mass is 196 g/mol. The zero-order valence-corrected chi connectivity index (χ0v) is 7.85. The molecule has 1 aromatic carbocycles. The third-order valence-electron chi connectivity index (χ3n) is 2.20. The van der Waals surface area contributed by atoms with E-state index < -0.39 is 6.04 Å². The molecule has 1 heterocycles. The van der Waals surface area contributed by atoms with Crippen LogP contribution in [0.1, 0.15) is 17.2 Å². The highest BCUT2D eigenvalue weighted by Gasteiger charge is 2.28. The maximum absolute atomic E-state index is 11.2. The van der Waals surface area contributed by atoms with Gasteiger partial charge in [0, 0.05) is 16.3 Å². The van der Waals surface area contributed by atoms with Gasteiger partial charge in [-0.1, -0.05) is 11.6 Å². The van der Waals surface area contributed by atoms with E-state index in [2.05, 4.69) is 5.32 Å². The van der Waals surface area contributed by atoms with E-state index in [9.17, 15) is 4.79 Å². The fraction of sp³-hybridized carbons (Fsp3) is 0.222. The Balaban J connectivity index is 2.63. The highest BCUT2D eigenvalue weighted by atomic mass is 35.5. The second-order valence-electron chi connectivity index (χ2n) is 3.15. The molecule has 4 heteroatoms. The van der Waals surface area contributed by atoms with Gasteiger partial charge in [-0.25, -0.2) is 0 Å². The van der Waals surface area contributed by atoms with E-state index in [0.717, 1.165) is 16.8 Å². The number of anilines is 1. The molecular formula is C9H9ClN2O. The number of benzene rings is 1. The minimum absolute atomic E-state index is 0.166. The van der Waals surface area contributed by atoms with Crippen LogP contribution in [0.5, 0.6) is 0 Å². The number of nitrogens with two attached hydrogens (primary N) is 1. The molecule has 0 spiro atoms. The molecule has 0 aromatic heterocycles. The minimum atomic E-state index is -0.576. The van der Waals surface area contributed by atoms with E-state index >= 15 is 0 Å². The highest BCUT2D eigenvalue weighted by Crippen LogP contribution is 2.34. The average Bonchev–Trinajstić information content (AvgIpc) is 2.32. The van der Waals surface area contributed by atoms with Gasteiger partial charge in [0.1, 0.15) is 6.04 Å². The Morgan fingerprint density at radius 2 is 2.23 bits per heavy atom. The Kier molecular flexibility index (Phi) is 1.78. The summed E-state index contributed by atoms with van der Waals surface area (Å²) in [6.07, 6.45) is 0. The van der Waals surface area contributed by atoms with Gasteiger partial charge >= 0.3 is 0 Å². The number of carbonyl (C=O) groups is 1. The van der Waals surface area contributed by atoms with Gasteiger partial charge in [0.05, 0.1) is 0 Å². The van der Waals surface area contributed by atoms with Gasteiger partial charge in [0.15, 0.2) is 0 Å². The summed E-state index contributed by atoms with van der Waals surface area (Å²) in [5.74, 6) is -0.166. The molecule has 0 radical (unpaired) electrons. The molecule has 1 amide bonds. The molecule has 3 nitrogen and oxygen atoms in total. The third kappa shape index (κ3) is 1.20. The molecule has 3 N–H and O–H groups in total. The maximum Gasteiger partial charge on any atom is 0.245 e. The van der Waals surface area contributed by atoms with Crippen molar-refractivity contribution >= 4 is 23.2 Å². The number of aryl methyl sites for hydroxylation is 1.